The number of esters is 1. The molecule has 0 bridgehead atoms. The van der Waals surface area contributed by atoms with Crippen molar-refractivity contribution >= 4 is 46.9 Å². The van der Waals surface area contributed by atoms with E-state index in [4.69, 9.17) is 12.2 Å². The Balaban J connectivity index is 1.94. The summed E-state index contributed by atoms with van der Waals surface area (Å²) < 4.78 is 4.64. The molecule has 2 aromatic carbocycles. The van der Waals surface area contributed by atoms with Crippen LogP contribution in [0.4, 0.5) is 5.69 Å². The van der Waals surface area contributed by atoms with E-state index in [9.17, 15) is 14.4 Å². The van der Waals surface area contributed by atoms with Crippen LogP contribution in [0.15, 0.2) is 60.2 Å². The summed E-state index contributed by atoms with van der Waals surface area (Å²) in [5, 5.41) is 2.55. The lowest BCUT2D eigenvalue weighted by Gasteiger charge is -2.28. The zero-order valence-corrected chi connectivity index (χ0v) is 14.6. The van der Waals surface area contributed by atoms with Crippen molar-refractivity contribution in [2.24, 2.45) is 0 Å². The highest BCUT2D eigenvalue weighted by atomic mass is 32.1. The minimum absolute atomic E-state index is 0.0318. The summed E-state index contributed by atoms with van der Waals surface area (Å²) in [4.78, 5) is 37.8. The van der Waals surface area contributed by atoms with Crippen LogP contribution < -0.4 is 10.2 Å². The van der Waals surface area contributed by atoms with Crippen molar-refractivity contribution in [3.8, 4) is 0 Å². The first-order valence-corrected chi connectivity index (χ1v) is 8.07. The van der Waals surface area contributed by atoms with E-state index in [0.717, 1.165) is 0 Å². The summed E-state index contributed by atoms with van der Waals surface area (Å²) in [5.41, 5.74) is 1.49. The van der Waals surface area contributed by atoms with Crippen LogP contribution in [0.5, 0.6) is 0 Å². The Morgan fingerprint density at radius 1 is 1.08 bits per heavy atom. The zero-order valence-electron chi connectivity index (χ0n) is 13.8. The molecule has 130 valence electrons. The van der Waals surface area contributed by atoms with Gasteiger partial charge in [0.15, 0.2) is 5.11 Å². The molecule has 1 aliphatic heterocycles. The Hall–Kier alpha value is -3.32. The molecule has 0 unspecified atom stereocenters. The van der Waals surface area contributed by atoms with Crippen LogP contribution in [0.1, 0.15) is 15.9 Å². The molecular weight excluding hydrogens is 352 g/mol. The van der Waals surface area contributed by atoms with E-state index in [1.54, 1.807) is 48.5 Å². The highest BCUT2D eigenvalue weighted by Gasteiger charge is 2.34. The van der Waals surface area contributed by atoms with E-state index in [1.807, 2.05) is 6.07 Å². The van der Waals surface area contributed by atoms with Gasteiger partial charge in [0, 0.05) is 0 Å². The third-order valence-corrected chi connectivity index (χ3v) is 4.04. The van der Waals surface area contributed by atoms with E-state index >= 15 is 0 Å². The Morgan fingerprint density at radius 3 is 2.35 bits per heavy atom. The summed E-state index contributed by atoms with van der Waals surface area (Å²) in [6, 6.07) is 15.2. The van der Waals surface area contributed by atoms with Crippen molar-refractivity contribution in [3.63, 3.8) is 0 Å². The lowest BCUT2D eigenvalue weighted by atomic mass is 10.1. The number of carbonyl (C=O) groups excluding carboxylic acids is 3. The van der Waals surface area contributed by atoms with Gasteiger partial charge >= 0.3 is 5.97 Å². The fourth-order valence-electron chi connectivity index (χ4n) is 2.47. The minimum Gasteiger partial charge on any atom is -0.465 e. The second kappa shape index (κ2) is 7.28. The molecule has 26 heavy (non-hydrogen) atoms. The topological polar surface area (TPSA) is 75.7 Å². The molecule has 3 rings (SSSR count). The molecule has 1 fully saturated rings. The van der Waals surface area contributed by atoms with E-state index in [1.165, 1.54) is 18.1 Å². The molecule has 2 amide bonds. The van der Waals surface area contributed by atoms with Gasteiger partial charge in [0.05, 0.1) is 18.4 Å². The van der Waals surface area contributed by atoms with Crippen molar-refractivity contribution < 1.29 is 19.1 Å². The molecule has 0 spiro atoms. The molecule has 0 aromatic heterocycles. The van der Waals surface area contributed by atoms with Gasteiger partial charge in [-0.2, -0.15) is 0 Å². The average Bonchev–Trinajstić information content (AvgIpc) is 2.65. The lowest BCUT2D eigenvalue weighted by Crippen LogP contribution is -2.54. The number of methoxy groups -OCH3 is 1. The van der Waals surface area contributed by atoms with Crippen LogP contribution in [-0.2, 0) is 14.3 Å². The Kier molecular flexibility index (Phi) is 4.90. The molecule has 0 atom stereocenters. The summed E-state index contributed by atoms with van der Waals surface area (Å²) in [5.74, 6) is -1.54. The quantitative estimate of drug-likeness (QED) is 0.390. The van der Waals surface area contributed by atoms with Crippen LogP contribution in [-0.4, -0.2) is 30.0 Å². The summed E-state index contributed by atoms with van der Waals surface area (Å²) in [6.07, 6.45) is 1.45. The third-order valence-electron chi connectivity index (χ3n) is 3.76. The standard InChI is InChI=1S/C19H14N2O4S/c1-25-18(24)13-9-7-12(8-10-13)11-15-16(22)20-19(26)21(17(15)23)14-5-3-2-4-6-14/h2-11H,1H3,(H,20,22,26)/b15-11-. The number of anilines is 1. The smallest absolute Gasteiger partial charge is 0.337 e. The van der Waals surface area contributed by atoms with Crippen molar-refractivity contribution in [1.29, 1.82) is 0 Å². The van der Waals surface area contributed by atoms with Gasteiger partial charge < -0.3 is 4.74 Å². The first kappa shape index (κ1) is 17.5. The molecule has 1 saturated heterocycles. The normalized spacial score (nSPS) is 15.8. The lowest BCUT2D eigenvalue weighted by molar-refractivity contribution is -0.122. The minimum atomic E-state index is -0.566. The average molecular weight is 366 g/mol. The van der Waals surface area contributed by atoms with Crippen molar-refractivity contribution in [1.82, 2.24) is 5.32 Å². The Bertz CT molecular complexity index is 920. The largest absolute Gasteiger partial charge is 0.465 e. The number of nitrogens with zero attached hydrogens (tertiary/aromatic N) is 1. The molecule has 6 nitrogen and oxygen atoms in total. The summed E-state index contributed by atoms with van der Waals surface area (Å²) in [6.45, 7) is 0. The predicted octanol–water partition coefficient (Wildman–Crippen LogP) is 2.30. The third kappa shape index (κ3) is 3.38. The van der Waals surface area contributed by atoms with Gasteiger partial charge in [-0.1, -0.05) is 30.3 Å². The first-order chi connectivity index (χ1) is 12.5. The summed E-state index contributed by atoms with van der Waals surface area (Å²) in [7, 11) is 1.30. The van der Waals surface area contributed by atoms with E-state index in [2.05, 4.69) is 10.1 Å². The number of nitrogens with one attached hydrogen (secondary N) is 1. The molecule has 1 heterocycles. The number of rotatable bonds is 3. The van der Waals surface area contributed by atoms with Crippen LogP contribution in [0.25, 0.3) is 6.08 Å². The molecule has 0 aliphatic carbocycles. The highest BCUT2D eigenvalue weighted by Crippen LogP contribution is 2.21. The van der Waals surface area contributed by atoms with Gasteiger partial charge in [0.2, 0.25) is 0 Å². The highest BCUT2D eigenvalue weighted by molar-refractivity contribution is 7.80. The summed E-state index contributed by atoms with van der Waals surface area (Å²) >= 11 is 5.13. The van der Waals surface area contributed by atoms with E-state index < -0.39 is 17.8 Å². The molecular formula is C19H14N2O4S. The van der Waals surface area contributed by atoms with Crippen LogP contribution in [0, 0.1) is 0 Å². The maximum atomic E-state index is 12.8. The molecule has 0 radical (unpaired) electrons. The van der Waals surface area contributed by atoms with Gasteiger partial charge in [-0.3, -0.25) is 19.8 Å². The van der Waals surface area contributed by atoms with Crippen LogP contribution in [0.2, 0.25) is 0 Å². The fourth-order valence-corrected chi connectivity index (χ4v) is 2.75. The predicted molar refractivity (Wildman–Crippen MR) is 100 cm³/mol. The van der Waals surface area contributed by atoms with Gasteiger partial charge in [-0.05, 0) is 48.1 Å². The fraction of sp³-hybridized carbons (Fsp3) is 0.0526. The SMILES string of the molecule is COC(=O)c1ccc(/C=C2/C(=O)NC(=S)N(c3ccccc3)C2=O)cc1. The van der Waals surface area contributed by atoms with E-state index in [-0.39, 0.29) is 10.7 Å². The van der Waals surface area contributed by atoms with Gasteiger partial charge in [0.1, 0.15) is 5.57 Å². The first-order valence-electron chi connectivity index (χ1n) is 7.66. The number of hydrogen-bond donors (Lipinski definition) is 1. The second-order valence-electron chi connectivity index (χ2n) is 5.41. The Labute approximate surface area is 155 Å². The van der Waals surface area contributed by atoms with E-state index in [0.29, 0.717) is 16.8 Å². The van der Waals surface area contributed by atoms with Gasteiger partial charge in [0.25, 0.3) is 11.8 Å². The monoisotopic (exact) mass is 366 g/mol. The van der Waals surface area contributed by atoms with Crippen molar-refractivity contribution in [3.05, 3.63) is 71.3 Å². The van der Waals surface area contributed by atoms with Crippen molar-refractivity contribution in [2.75, 3.05) is 12.0 Å². The second-order valence-corrected chi connectivity index (χ2v) is 5.79. The number of thiocarbonyl (C=S) groups is 1. The number of ether oxygens (including phenoxy) is 1. The number of para-hydroxylation sites is 1. The molecule has 2 aromatic rings. The van der Waals surface area contributed by atoms with Gasteiger partial charge in [-0.25, -0.2) is 4.79 Å². The number of carbonyl (C=O) groups is 3. The maximum absolute atomic E-state index is 12.8. The zero-order chi connectivity index (χ0) is 18.7. The van der Waals surface area contributed by atoms with Gasteiger partial charge in [-0.15, -0.1) is 0 Å². The molecule has 0 saturated carbocycles. The number of amides is 2. The molecule has 1 N–H and O–H groups in total. The number of benzene rings is 2. The van der Waals surface area contributed by atoms with Crippen molar-refractivity contribution in [2.45, 2.75) is 0 Å². The maximum Gasteiger partial charge on any atom is 0.337 e. The molecule has 7 heteroatoms. The molecule has 1 aliphatic rings. The Morgan fingerprint density at radius 2 is 1.73 bits per heavy atom. The van der Waals surface area contributed by atoms with Crippen LogP contribution in [0.3, 0.4) is 0 Å². The van der Waals surface area contributed by atoms with Crippen LogP contribution >= 0.6 is 12.2 Å². The number of hydrogen-bond acceptors (Lipinski definition) is 5.